The summed E-state index contributed by atoms with van der Waals surface area (Å²) < 4.78 is 5.23. The third-order valence-electron chi connectivity index (χ3n) is 3.40. The zero-order valence-electron chi connectivity index (χ0n) is 9.37. The molecular formula is C11H20N2O2. The molecule has 0 aromatic rings. The molecule has 2 rings (SSSR count). The highest BCUT2D eigenvalue weighted by Crippen LogP contribution is 2.27. The summed E-state index contributed by atoms with van der Waals surface area (Å²) in [5, 5.41) is 3.33. The zero-order chi connectivity index (χ0) is 10.7. The highest BCUT2D eigenvalue weighted by molar-refractivity contribution is 5.68. The van der Waals surface area contributed by atoms with Crippen LogP contribution in [0, 0.1) is 5.92 Å². The first kappa shape index (κ1) is 10.7. The van der Waals surface area contributed by atoms with Gasteiger partial charge in [-0.3, -0.25) is 0 Å². The molecule has 0 saturated carbocycles. The third kappa shape index (κ3) is 2.25. The summed E-state index contributed by atoms with van der Waals surface area (Å²) in [5.41, 5.74) is 0. The van der Waals surface area contributed by atoms with Crippen molar-refractivity contribution in [3.05, 3.63) is 0 Å². The summed E-state index contributed by atoms with van der Waals surface area (Å²) in [6, 6.07) is 0.388. The van der Waals surface area contributed by atoms with E-state index >= 15 is 0 Å². The van der Waals surface area contributed by atoms with Gasteiger partial charge in [0.15, 0.2) is 0 Å². The molecule has 2 heterocycles. The normalized spacial score (nSPS) is 29.3. The van der Waals surface area contributed by atoms with Gasteiger partial charge < -0.3 is 15.0 Å². The number of ether oxygens (including phenoxy) is 1. The van der Waals surface area contributed by atoms with Crippen LogP contribution in [0.5, 0.6) is 0 Å². The van der Waals surface area contributed by atoms with Crippen LogP contribution in [0.15, 0.2) is 0 Å². The number of rotatable bonds is 3. The van der Waals surface area contributed by atoms with Crippen molar-refractivity contribution in [3.8, 4) is 0 Å². The van der Waals surface area contributed by atoms with Gasteiger partial charge in [0.05, 0.1) is 12.6 Å². The highest BCUT2D eigenvalue weighted by Gasteiger charge is 2.40. The van der Waals surface area contributed by atoms with Crippen LogP contribution in [0.4, 0.5) is 4.79 Å². The van der Waals surface area contributed by atoms with Gasteiger partial charge in [0.2, 0.25) is 0 Å². The van der Waals surface area contributed by atoms with E-state index in [2.05, 4.69) is 12.2 Å². The molecule has 1 N–H and O–H groups in total. The number of carbonyl (C=O) groups excluding carboxylic acids is 1. The van der Waals surface area contributed by atoms with E-state index in [9.17, 15) is 4.79 Å². The molecule has 86 valence electrons. The topological polar surface area (TPSA) is 41.6 Å². The Bertz CT molecular complexity index is 233. The number of likely N-dealkylation sites (tertiary alicyclic amines) is 1. The lowest BCUT2D eigenvalue weighted by Crippen LogP contribution is -2.39. The Labute approximate surface area is 91.0 Å². The molecule has 1 amide bonds. The average Bonchev–Trinajstić information content (AvgIpc) is 2.78. The molecule has 2 atom stereocenters. The van der Waals surface area contributed by atoms with Crippen LogP contribution >= 0.6 is 0 Å². The first-order valence-corrected chi connectivity index (χ1v) is 5.97. The first-order valence-electron chi connectivity index (χ1n) is 5.97. The van der Waals surface area contributed by atoms with Crippen LogP contribution in [0.2, 0.25) is 0 Å². The van der Waals surface area contributed by atoms with Gasteiger partial charge in [-0.1, -0.05) is 13.3 Å². The second kappa shape index (κ2) is 4.84. The fraction of sp³-hybridized carbons (Fsp3) is 0.909. The Morgan fingerprint density at radius 2 is 2.40 bits per heavy atom. The van der Waals surface area contributed by atoms with Gasteiger partial charge in [0, 0.05) is 19.6 Å². The van der Waals surface area contributed by atoms with Crippen LogP contribution in [-0.4, -0.2) is 43.3 Å². The molecule has 0 radical (unpaired) electrons. The Morgan fingerprint density at radius 3 is 3.20 bits per heavy atom. The van der Waals surface area contributed by atoms with Crippen molar-refractivity contribution in [1.29, 1.82) is 0 Å². The predicted molar refractivity (Wildman–Crippen MR) is 57.7 cm³/mol. The summed E-state index contributed by atoms with van der Waals surface area (Å²) in [5.74, 6) is 0.656. The molecule has 0 aliphatic carbocycles. The maximum Gasteiger partial charge on any atom is 0.410 e. The minimum atomic E-state index is -0.111. The van der Waals surface area contributed by atoms with E-state index in [1.54, 1.807) is 0 Å². The van der Waals surface area contributed by atoms with E-state index < -0.39 is 0 Å². The summed E-state index contributed by atoms with van der Waals surface area (Å²) in [6.07, 6.45) is 3.05. The molecule has 4 heteroatoms. The fourth-order valence-corrected chi connectivity index (χ4v) is 2.46. The number of unbranched alkanes of at least 4 members (excludes halogenated alkanes) is 1. The predicted octanol–water partition coefficient (Wildman–Crippen LogP) is 1.22. The van der Waals surface area contributed by atoms with Crippen LogP contribution in [0.25, 0.3) is 0 Å². The number of hydrogen-bond acceptors (Lipinski definition) is 3. The maximum atomic E-state index is 11.7. The summed E-state index contributed by atoms with van der Waals surface area (Å²) in [4.78, 5) is 13.6. The van der Waals surface area contributed by atoms with Crippen molar-refractivity contribution in [2.45, 2.75) is 32.2 Å². The van der Waals surface area contributed by atoms with Gasteiger partial charge in [-0.2, -0.15) is 0 Å². The largest absolute Gasteiger partial charge is 0.449 e. The lowest BCUT2D eigenvalue weighted by Gasteiger charge is -2.22. The Hall–Kier alpha value is -0.770. The van der Waals surface area contributed by atoms with E-state index in [1.807, 2.05) is 4.90 Å². The highest BCUT2D eigenvalue weighted by atomic mass is 16.6. The molecular weight excluding hydrogens is 192 g/mol. The zero-order valence-corrected chi connectivity index (χ0v) is 9.37. The van der Waals surface area contributed by atoms with E-state index in [-0.39, 0.29) is 6.09 Å². The van der Waals surface area contributed by atoms with Crippen LogP contribution in [0.3, 0.4) is 0 Å². The monoisotopic (exact) mass is 212 g/mol. The summed E-state index contributed by atoms with van der Waals surface area (Å²) >= 11 is 0. The quantitative estimate of drug-likeness (QED) is 0.715. The van der Waals surface area contributed by atoms with Crippen molar-refractivity contribution in [3.63, 3.8) is 0 Å². The Morgan fingerprint density at radius 1 is 1.53 bits per heavy atom. The van der Waals surface area contributed by atoms with Crippen molar-refractivity contribution < 1.29 is 9.53 Å². The van der Waals surface area contributed by atoms with Crippen molar-refractivity contribution in [2.75, 3.05) is 26.2 Å². The SMILES string of the molecule is CCCCOC(=O)N1CCC2CNCC21. The van der Waals surface area contributed by atoms with Crippen molar-refractivity contribution in [2.24, 2.45) is 5.92 Å². The van der Waals surface area contributed by atoms with Crippen molar-refractivity contribution in [1.82, 2.24) is 10.2 Å². The number of amides is 1. The van der Waals surface area contributed by atoms with Gasteiger partial charge in [0.25, 0.3) is 0 Å². The van der Waals surface area contributed by atoms with Gasteiger partial charge >= 0.3 is 6.09 Å². The Kier molecular flexibility index (Phi) is 3.46. The molecule has 0 bridgehead atoms. The van der Waals surface area contributed by atoms with E-state index in [0.717, 1.165) is 38.9 Å². The van der Waals surface area contributed by atoms with Crippen molar-refractivity contribution >= 4 is 6.09 Å². The lowest BCUT2D eigenvalue weighted by molar-refractivity contribution is 0.0970. The van der Waals surface area contributed by atoms with Gasteiger partial charge in [0.1, 0.15) is 0 Å². The smallest absolute Gasteiger partial charge is 0.410 e. The molecule has 2 aliphatic rings. The van der Waals surface area contributed by atoms with Gasteiger partial charge in [-0.15, -0.1) is 0 Å². The molecule has 2 aliphatic heterocycles. The molecule has 0 aromatic heterocycles. The number of fused-ring (bicyclic) bond motifs is 1. The Balaban J connectivity index is 1.80. The minimum absolute atomic E-state index is 0.111. The maximum absolute atomic E-state index is 11.7. The van der Waals surface area contributed by atoms with Gasteiger partial charge in [-0.25, -0.2) is 4.79 Å². The van der Waals surface area contributed by atoms with Gasteiger partial charge in [-0.05, 0) is 18.8 Å². The fourth-order valence-electron chi connectivity index (χ4n) is 2.46. The number of hydrogen-bond donors (Lipinski definition) is 1. The first-order chi connectivity index (χ1) is 7.33. The molecule has 2 saturated heterocycles. The molecule has 0 aromatic carbocycles. The van der Waals surface area contributed by atoms with E-state index in [0.29, 0.717) is 18.6 Å². The standard InChI is InChI=1S/C11H20N2O2/c1-2-3-6-15-11(14)13-5-4-9-7-12-8-10(9)13/h9-10,12H,2-8H2,1H3. The van der Waals surface area contributed by atoms with E-state index in [4.69, 9.17) is 4.74 Å². The minimum Gasteiger partial charge on any atom is -0.449 e. The van der Waals surface area contributed by atoms with Crippen LogP contribution in [0.1, 0.15) is 26.2 Å². The number of nitrogens with one attached hydrogen (secondary N) is 1. The lowest BCUT2D eigenvalue weighted by atomic mass is 10.1. The molecule has 15 heavy (non-hydrogen) atoms. The second-order valence-electron chi connectivity index (χ2n) is 4.44. The third-order valence-corrected chi connectivity index (χ3v) is 3.40. The molecule has 2 fully saturated rings. The average molecular weight is 212 g/mol. The molecule has 4 nitrogen and oxygen atoms in total. The summed E-state index contributed by atoms with van der Waals surface area (Å²) in [7, 11) is 0. The molecule has 2 unspecified atom stereocenters. The summed E-state index contributed by atoms with van der Waals surface area (Å²) in [6.45, 7) is 5.54. The number of nitrogens with zero attached hydrogens (tertiary/aromatic N) is 1. The van der Waals surface area contributed by atoms with Crippen LogP contribution in [-0.2, 0) is 4.74 Å². The van der Waals surface area contributed by atoms with Crippen LogP contribution < -0.4 is 5.32 Å². The second-order valence-corrected chi connectivity index (χ2v) is 4.44. The van der Waals surface area contributed by atoms with E-state index in [1.165, 1.54) is 0 Å². The molecule has 0 spiro atoms. The number of carbonyl (C=O) groups is 1.